The van der Waals surface area contributed by atoms with Crippen LogP contribution in [0.15, 0.2) is 53.0 Å². The van der Waals surface area contributed by atoms with E-state index in [-0.39, 0.29) is 11.7 Å². The van der Waals surface area contributed by atoms with Crippen molar-refractivity contribution >= 4 is 21.7 Å². The van der Waals surface area contributed by atoms with E-state index in [0.29, 0.717) is 25.7 Å². The summed E-state index contributed by atoms with van der Waals surface area (Å²) in [5.74, 6) is -0.0887. The molecule has 1 N–H and O–H groups in total. The lowest BCUT2D eigenvalue weighted by atomic mass is 9.53. The van der Waals surface area contributed by atoms with E-state index in [1.165, 1.54) is 11.1 Å². The number of aliphatic hydroxyl groups is 1. The Kier molecular flexibility index (Phi) is 3.70. The van der Waals surface area contributed by atoms with Gasteiger partial charge in [0.15, 0.2) is 0 Å². The Labute approximate surface area is 151 Å². The van der Waals surface area contributed by atoms with E-state index in [0.717, 1.165) is 10.0 Å². The molecule has 0 aliphatic heterocycles. The second kappa shape index (κ2) is 5.53. The smallest absolute Gasteiger partial charge is 0.150 e. The van der Waals surface area contributed by atoms with E-state index in [9.17, 15) is 9.90 Å². The van der Waals surface area contributed by atoms with Crippen LogP contribution in [-0.2, 0) is 23.1 Å². The zero-order valence-electron chi connectivity index (χ0n) is 13.8. The van der Waals surface area contributed by atoms with Crippen LogP contribution in [0.1, 0.15) is 36.5 Å². The molecule has 2 unspecified atom stereocenters. The Morgan fingerprint density at radius 3 is 2.67 bits per heavy atom. The molecule has 3 heteroatoms. The van der Waals surface area contributed by atoms with Gasteiger partial charge in [-0.05, 0) is 61.4 Å². The number of rotatable bonds is 2. The summed E-state index contributed by atoms with van der Waals surface area (Å²) in [5.41, 5.74) is 2.14. The molecule has 4 rings (SSSR count). The predicted octanol–water partition coefficient (Wildman–Crippen LogP) is 4.22. The van der Waals surface area contributed by atoms with Crippen LogP contribution in [-0.4, -0.2) is 16.5 Å². The summed E-state index contributed by atoms with van der Waals surface area (Å²) >= 11 is 3.55. The number of carbonyl (C=O) groups is 1. The maximum absolute atomic E-state index is 13.4. The fourth-order valence-corrected chi connectivity index (χ4v) is 5.00. The molecule has 2 bridgehead atoms. The number of fused-ring (bicyclic) bond motifs is 4. The topological polar surface area (TPSA) is 37.3 Å². The Balaban J connectivity index is 1.88. The summed E-state index contributed by atoms with van der Waals surface area (Å²) in [6.07, 6.45) is 2.73. The van der Waals surface area contributed by atoms with Crippen LogP contribution in [0, 0.1) is 5.92 Å². The molecule has 0 saturated heterocycles. The third-order valence-electron chi connectivity index (χ3n) is 5.95. The van der Waals surface area contributed by atoms with Crippen molar-refractivity contribution in [3.63, 3.8) is 0 Å². The Morgan fingerprint density at radius 1 is 1.17 bits per heavy atom. The predicted molar refractivity (Wildman–Crippen MR) is 98.0 cm³/mol. The molecule has 124 valence electrons. The third-order valence-corrected chi connectivity index (χ3v) is 6.45. The van der Waals surface area contributed by atoms with Crippen LogP contribution in [0.3, 0.4) is 0 Å². The lowest BCUT2D eigenvalue weighted by Gasteiger charge is -2.51. The lowest BCUT2D eigenvalue weighted by Crippen LogP contribution is -2.58. The molecule has 2 aliphatic carbocycles. The van der Waals surface area contributed by atoms with E-state index in [1.54, 1.807) is 0 Å². The standard InChI is InChI=1S/C21H21BrO2/c1-20(24)9-10-21(13-14-5-3-2-4-6-14)17-8-7-16(22)11-15(17)12-18(20)19(21)23/h2-8,11,18,24H,9-10,12-13H2,1H3/t18?,20-,21?/m1/s1. The van der Waals surface area contributed by atoms with Crippen LogP contribution >= 0.6 is 15.9 Å². The first-order valence-corrected chi connectivity index (χ1v) is 9.31. The quantitative estimate of drug-likeness (QED) is 0.841. The molecule has 2 aromatic carbocycles. The van der Waals surface area contributed by atoms with E-state index in [4.69, 9.17) is 0 Å². The Hall–Kier alpha value is -1.45. The maximum Gasteiger partial charge on any atom is 0.150 e. The minimum absolute atomic E-state index is 0.220. The van der Waals surface area contributed by atoms with Crippen molar-refractivity contribution in [2.75, 3.05) is 0 Å². The first-order valence-electron chi connectivity index (χ1n) is 8.52. The average Bonchev–Trinajstić information content (AvgIpc) is 2.55. The van der Waals surface area contributed by atoms with Crippen molar-refractivity contribution in [2.24, 2.45) is 5.92 Å². The number of hydrogen-bond acceptors (Lipinski definition) is 2. The second-order valence-corrected chi connectivity index (χ2v) is 8.44. The van der Waals surface area contributed by atoms with Crippen molar-refractivity contribution < 1.29 is 9.90 Å². The molecule has 2 aliphatic rings. The van der Waals surface area contributed by atoms with E-state index >= 15 is 0 Å². The molecule has 24 heavy (non-hydrogen) atoms. The van der Waals surface area contributed by atoms with Crippen LogP contribution in [0.2, 0.25) is 0 Å². The van der Waals surface area contributed by atoms with Gasteiger partial charge in [-0.1, -0.05) is 52.3 Å². The van der Waals surface area contributed by atoms with Crippen molar-refractivity contribution in [2.45, 2.75) is 43.6 Å². The van der Waals surface area contributed by atoms with Gasteiger partial charge in [-0.25, -0.2) is 0 Å². The first-order chi connectivity index (χ1) is 11.4. The van der Waals surface area contributed by atoms with Crippen LogP contribution in [0.25, 0.3) is 0 Å². The molecular formula is C21H21BrO2. The zero-order valence-corrected chi connectivity index (χ0v) is 15.3. The van der Waals surface area contributed by atoms with Gasteiger partial charge in [-0.3, -0.25) is 4.79 Å². The second-order valence-electron chi connectivity index (χ2n) is 7.52. The Bertz CT molecular complexity index is 797. The van der Waals surface area contributed by atoms with Gasteiger partial charge in [0.05, 0.1) is 16.9 Å². The number of hydrogen-bond donors (Lipinski definition) is 1. The van der Waals surface area contributed by atoms with Gasteiger partial charge in [-0.2, -0.15) is 0 Å². The lowest BCUT2D eigenvalue weighted by molar-refractivity contribution is -0.146. The molecule has 2 aromatic rings. The van der Waals surface area contributed by atoms with Crippen LogP contribution < -0.4 is 0 Å². The number of ketones is 1. The molecule has 0 heterocycles. The monoisotopic (exact) mass is 384 g/mol. The zero-order chi connectivity index (χ0) is 16.9. The maximum atomic E-state index is 13.4. The van der Waals surface area contributed by atoms with Gasteiger partial charge in [0, 0.05) is 4.47 Å². The highest BCUT2D eigenvalue weighted by Gasteiger charge is 2.56. The fourth-order valence-electron chi connectivity index (χ4n) is 4.59. The first kappa shape index (κ1) is 16.0. The van der Waals surface area contributed by atoms with Crippen molar-refractivity contribution in [1.82, 2.24) is 0 Å². The average molecular weight is 385 g/mol. The van der Waals surface area contributed by atoms with Crippen molar-refractivity contribution in [3.8, 4) is 0 Å². The molecule has 1 fully saturated rings. The van der Waals surface area contributed by atoms with E-state index in [1.807, 2.05) is 31.2 Å². The molecule has 0 aromatic heterocycles. The SMILES string of the molecule is C[C@@]1(O)CCC2(Cc3ccccc3)C(=O)C1Cc1cc(Br)ccc12. The van der Waals surface area contributed by atoms with Crippen LogP contribution in [0.4, 0.5) is 0 Å². The van der Waals surface area contributed by atoms with E-state index in [2.05, 4.69) is 40.2 Å². The van der Waals surface area contributed by atoms with Gasteiger partial charge in [0.1, 0.15) is 5.78 Å². The largest absolute Gasteiger partial charge is 0.389 e. The van der Waals surface area contributed by atoms with Gasteiger partial charge in [-0.15, -0.1) is 0 Å². The van der Waals surface area contributed by atoms with Gasteiger partial charge in [0.25, 0.3) is 0 Å². The molecular weight excluding hydrogens is 364 g/mol. The highest BCUT2D eigenvalue weighted by Crippen LogP contribution is 2.51. The number of carbonyl (C=O) groups excluding carboxylic acids is 1. The van der Waals surface area contributed by atoms with Gasteiger partial charge >= 0.3 is 0 Å². The molecule has 1 saturated carbocycles. The number of halogens is 1. The summed E-state index contributed by atoms with van der Waals surface area (Å²) in [5, 5.41) is 10.8. The number of Topliss-reactive ketones (excluding diaryl/α,β-unsaturated/α-hetero) is 1. The van der Waals surface area contributed by atoms with E-state index < -0.39 is 11.0 Å². The van der Waals surface area contributed by atoms with Crippen LogP contribution in [0.5, 0.6) is 0 Å². The highest BCUT2D eigenvalue weighted by atomic mass is 79.9. The summed E-state index contributed by atoms with van der Waals surface area (Å²) in [6, 6.07) is 16.5. The summed E-state index contributed by atoms with van der Waals surface area (Å²) in [6.45, 7) is 1.82. The molecule has 0 amide bonds. The summed E-state index contributed by atoms with van der Waals surface area (Å²) in [4.78, 5) is 13.4. The van der Waals surface area contributed by atoms with Gasteiger partial charge in [0.2, 0.25) is 0 Å². The fraction of sp³-hybridized carbons (Fsp3) is 0.381. The Morgan fingerprint density at radius 2 is 1.92 bits per heavy atom. The van der Waals surface area contributed by atoms with Gasteiger partial charge < -0.3 is 5.11 Å². The minimum Gasteiger partial charge on any atom is -0.389 e. The van der Waals surface area contributed by atoms with Crippen molar-refractivity contribution in [1.29, 1.82) is 0 Å². The van der Waals surface area contributed by atoms with Crippen molar-refractivity contribution in [3.05, 3.63) is 69.7 Å². The summed E-state index contributed by atoms with van der Waals surface area (Å²) in [7, 11) is 0. The molecule has 3 atom stereocenters. The normalized spacial score (nSPS) is 31.6. The minimum atomic E-state index is -0.905. The molecule has 0 radical (unpaired) electrons. The highest BCUT2D eigenvalue weighted by molar-refractivity contribution is 9.10. The third kappa shape index (κ3) is 2.37. The number of benzene rings is 2. The molecule has 2 nitrogen and oxygen atoms in total. The molecule has 0 spiro atoms. The summed E-state index contributed by atoms with van der Waals surface area (Å²) < 4.78 is 1.03.